The third-order valence-electron chi connectivity index (χ3n) is 4.71. The van der Waals surface area contributed by atoms with Crippen molar-refractivity contribution in [1.29, 1.82) is 0 Å². The molecule has 2 aromatic carbocycles. The molecule has 0 radical (unpaired) electrons. The summed E-state index contributed by atoms with van der Waals surface area (Å²) in [5, 5.41) is 19.4. The van der Waals surface area contributed by atoms with E-state index in [-0.39, 0.29) is 5.41 Å². The number of benzene rings is 2. The molecule has 20 heavy (non-hydrogen) atoms. The Morgan fingerprint density at radius 2 is 1.25 bits per heavy atom. The largest absolute Gasteiger partial charge is 0.508 e. The molecule has 104 valence electrons. The lowest BCUT2D eigenvalue weighted by atomic mass is 9.60. The molecule has 1 aliphatic rings. The normalized spacial score (nSPS) is 16.7. The van der Waals surface area contributed by atoms with E-state index < -0.39 is 0 Å². The van der Waals surface area contributed by atoms with Crippen molar-refractivity contribution in [2.75, 3.05) is 0 Å². The van der Waals surface area contributed by atoms with Crippen LogP contribution in [0.1, 0.15) is 41.5 Å². The van der Waals surface area contributed by atoms with E-state index in [1.165, 1.54) is 17.5 Å². The minimum Gasteiger partial charge on any atom is -0.508 e. The molecule has 0 atom stereocenters. The molecule has 0 spiro atoms. The molecule has 1 aliphatic carbocycles. The Kier molecular flexibility index (Phi) is 2.97. The van der Waals surface area contributed by atoms with Gasteiger partial charge in [0.15, 0.2) is 0 Å². The lowest BCUT2D eigenvalue weighted by Crippen LogP contribution is -2.35. The summed E-state index contributed by atoms with van der Waals surface area (Å²) in [6, 6.07) is 11.8. The van der Waals surface area contributed by atoms with Crippen molar-refractivity contribution in [2.24, 2.45) is 0 Å². The molecule has 2 heteroatoms. The molecular weight excluding hydrogens is 248 g/mol. The van der Waals surface area contributed by atoms with Gasteiger partial charge < -0.3 is 10.2 Å². The van der Waals surface area contributed by atoms with Crippen molar-refractivity contribution in [3.63, 3.8) is 0 Å². The Morgan fingerprint density at radius 1 is 0.800 bits per heavy atom. The number of aromatic hydroxyl groups is 2. The Labute approximate surface area is 119 Å². The van der Waals surface area contributed by atoms with Crippen molar-refractivity contribution in [3.8, 4) is 11.5 Å². The van der Waals surface area contributed by atoms with Crippen molar-refractivity contribution in [1.82, 2.24) is 0 Å². The van der Waals surface area contributed by atoms with Gasteiger partial charge in [0.2, 0.25) is 0 Å². The molecular formula is C18H20O2. The van der Waals surface area contributed by atoms with Crippen LogP contribution in [0.4, 0.5) is 0 Å². The number of hydrogen-bond donors (Lipinski definition) is 2. The van der Waals surface area contributed by atoms with Crippen LogP contribution in [-0.4, -0.2) is 10.2 Å². The maximum absolute atomic E-state index is 9.72. The highest BCUT2D eigenvalue weighted by Gasteiger charge is 2.40. The van der Waals surface area contributed by atoms with Crippen LogP contribution in [0, 0.1) is 13.8 Å². The molecule has 2 aromatic rings. The number of rotatable bonds is 2. The number of hydrogen-bond acceptors (Lipinski definition) is 2. The number of phenolic OH excluding ortho intramolecular Hbond substituents is 2. The SMILES string of the molecule is Cc1cc(C2(c3ccc(O)c(C)c3)CCC2)ccc1O. The highest BCUT2D eigenvalue weighted by molar-refractivity contribution is 5.48. The highest BCUT2D eigenvalue weighted by Crippen LogP contribution is 2.50. The zero-order valence-corrected chi connectivity index (χ0v) is 12.0. The molecule has 0 aliphatic heterocycles. The first-order chi connectivity index (χ1) is 9.53. The van der Waals surface area contributed by atoms with Gasteiger partial charge in [-0.25, -0.2) is 0 Å². The Hall–Kier alpha value is -1.96. The van der Waals surface area contributed by atoms with Gasteiger partial charge in [0, 0.05) is 5.41 Å². The first-order valence-electron chi connectivity index (χ1n) is 7.13. The molecule has 2 nitrogen and oxygen atoms in total. The van der Waals surface area contributed by atoms with Gasteiger partial charge in [-0.1, -0.05) is 30.7 Å². The molecule has 0 heterocycles. The van der Waals surface area contributed by atoms with Crippen molar-refractivity contribution in [2.45, 2.75) is 38.5 Å². The lowest BCUT2D eigenvalue weighted by molar-refractivity contribution is 0.300. The summed E-state index contributed by atoms with van der Waals surface area (Å²) in [6.07, 6.45) is 3.47. The van der Waals surface area contributed by atoms with Crippen LogP contribution in [0.15, 0.2) is 36.4 Å². The van der Waals surface area contributed by atoms with Crippen LogP contribution in [0.5, 0.6) is 11.5 Å². The summed E-state index contributed by atoms with van der Waals surface area (Å²) in [7, 11) is 0. The average Bonchev–Trinajstić information content (AvgIpc) is 2.36. The van der Waals surface area contributed by atoms with Gasteiger partial charge in [-0.2, -0.15) is 0 Å². The smallest absolute Gasteiger partial charge is 0.118 e. The summed E-state index contributed by atoms with van der Waals surface area (Å²) >= 11 is 0. The third kappa shape index (κ3) is 1.87. The van der Waals surface area contributed by atoms with Gasteiger partial charge in [0.1, 0.15) is 11.5 Å². The molecule has 0 unspecified atom stereocenters. The van der Waals surface area contributed by atoms with Crippen molar-refractivity contribution in [3.05, 3.63) is 58.7 Å². The maximum Gasteiger partial charge on any atom is 0.118 e. The first kappa shape index (κ1) is 13.0. The fourth-order valence-electron chi connectivity index (χ4n) is 3.18. The van der Waals surface area contributed by atoms with Crippen LogP contribution in [-0.2, 0) is 5.41 Å². The van der Waals surface area contributed by atoms with E-state index in [9.17, 15) is 10.2 Å². The zero-order chi connectivity index (χ0) is 14.3. The summed E-state index contributed by atoms with van der Waals surface area (Å²) in [4.78, 5) is 0. The van der Waals surface area contributed by atoms with Gasteiger partial charge in [0.25, 0.3) is 0 Å². The van der Waals surface area contributed by atoms with Crippen LogP contribution >= 0.6 is 0 Å². The summed E-state index contributed by atoms with van der Waals surface area (Å²) in [6.45, 7) is 3.88. The van der Waals surface area contributed by atoms with E-state index in [0.29, 0.717) is 11.5 Å². The topological polar surface area (TPSA) is 40.5 Å². The fourth-order valence-corrected chi connectivity index (χ4v) is 3.18. The second-order valence-electron chi connectivity index (χ2n) is 5.94. The zero-order valence-electron chi connectivity index (χ0n) is 12.0. The van der Waals surface area contributed by atoms with E-state index >= 15 is 0 Å². The van der Waals surface area contributed by atoms with Gasteiger partial charge in [-0.05, 0) is 61.1 Å². The summed E-state index contributed by atoms with van der Waals surface area (Å²) < 4.78 is 0. The van der Waals surface area contributed by atoms with E-state index in [1.807, 2.05) is 26.0 Å². The molecule has 2 N–H and O–H groups in total. The van der Waals surface area contributed by atoms with Crippen LogP contribution in [0.2, 0.25) is 0 Å². The second kappa shape index (κ2) is 4.55. The Bertz CT molecular complexity index is 601. The average molecular weight is 268 g/mol. The first-order valence-corrected chi connectivity index (χ1v) is 7.13. The van der Waals surface area contributed by atoms with Crippen LogP contribution < -0.4 is 0 Å². The molecule has 3 rings (SSSR count). The number of phenols is 2. The van der Waals surface area contributed by atoms with Gasteiger partial charge in [0.05, 0.1) is 0 Å². The Balaban J connectivity index is 2.10. The van der Waals surface area contributed by atoms with Crippen LogP contribution in [0.3, 0.4) is 0 Å². The minimum atomic E-state index is 0.0525. The third-order valence-corrected chi connectivity index (χ3v) is 4.71. The van der Waals surface area contributed by atoms with Gasteiger partial charge in [-0.15, -0.1) is 0 Å². The molecule has 0 bridgehead atoms. The molecule has 1 fully saturated rings. The standard InChI is InChI=1S/C18H20O2/c1-12-10-14(4-6-16(12)19)18(8-3-9-18)15-5-7-17(20)13(2)11-15/h4-7,10-11,19-20H,3,8-9H2,1-2H3. The predicted molar refractivity (Wildman–Crippen MR) is 80.3 cm³/mol. The van der Waals surface area contributed by atoms with E-state index in [0.717, 1.165) is 24.0 Å². The molecule has 1 saturated carbocycles. The second-order valence-corrected chi connectivity index (χ2v) is 5.94. The van der Waals surface area contributed by atoms with E-state index in [2.05, 4.69) is 12.1 Å². The van der Waals surface area contributed by atoms with Crippen LogP contribution in [0.25, 0.3) is 0 Å². The Morgan fingerprint density at radius 3 is 1.55 bits per heavy atom. The number of aryl methyl sites for hydroxylation is 2. The molecule has 0 amide bonds. The maximum atomic E-state index is 9.72. The van der Waals surface area contributed by atoms with E-state index in [4.69, 9.17) is 0 Å². The molecule has 0 aromatic heterocycles. The van der Waals surface area contributed by atoms with Gasteiger partial charge >= 0.3 is 0 Å². The quantitative estimate of drug-likeness (QED) is 0.857. The van der Waals surface area contributed by atoms with Crippen molar-refractivity contribution < 1.29 is 10.2 Å². The monoisotopic (exact) mass is 268 g/mol. The minimum absolute atomic E-state index is 0.0525. The van der Waals surface area contributed by atoms with Crippen molar-refractivity contribution >= 4 is 0 Å². The van der Waals surface area contributed by atoms with E-state index in [1.54, 1.807) is 12.1 Å². The summed E-state index contributed by atoms with van der Waals surface area (Å²) in [5.74, 6) is 0.704. The summed E-state index contributed by atoms with van der Waals surface area (Å²) in [5.41, 5.74) is 4.43. The molecule has 0 saturated heterocycles. The van der Waals surface area contributed by atoms with Gasteiger partial charge in [-0.3, -0.25) is 0 Å². The predicted octanol–water partition coefficient (Wildman–Crippen LogP) is 4.18. The fraction of sp³-hybridized carbons (Fsp3) is 0.333. The lowest BCUT2D eigenvalue weighted by Gasteiger charge is -2.43. The highest BCUT2D eigenvalue weighted by atomic mass is 16.3.